The fourth-order valence-corrected chi connectivity index (χ4v) is 2.85. The van der Waals surface area contributed by atoms with Gasteiger partial charge in [-0.15, -0.1) is 0 Å². The van der Waals surface area contributed by atoms with Crippen molar-refractivity contribution in [1.82, 2.24) is 10.6 Å². The zero-order valence-corrected chi connectivity index (χ0v) is 16.0. The first-order chi connectivity index (χ1) is 14.0. The lowest BCUT2D eigenvalue weighted by atomic mass is 10.2. The number of benzene rings is 2. The van der Waals surface area contributed by atoms with Gasteiger partial charge in [-0.05, 0) is 42.0 Å². The molecule has 2 aromatic rings. The quantitative estimate of drug-likeness (QED) is 0.618. The van der Waals surface area contributed by atoms with E-state index in [4.69, 9.17) is 0 Å². The number of carbonyl (C=O) groups excluding carboxylic acids is 3. The molecule has 0 unspecified atom stereocenters. The second-order valence-electron chi connectivity index (χ2n) is 6.44. The molecule has 0 bridgehead atoms. The smallest absolute Gasteiger partial charge is 0.411 e. The standard InChI is InChI=1S/C20H23N5O4/c1-29-20(28)24-16-4-2-14(3-5-16)12-22-19(27)23-15-6-8-17(9-7-15)25-11-10-21-18(26)13-25/h2-9H,10-13H2,1H3,(H,21,26)(H,24,28)(H2,22,23,27). The number of rotatable bonds is 5. The molecular formula is C20H23N5O4. The minimum Gasteiger partial charge on any atom is -0.453 e. The van der Waals surface area contributed by atoms with Crippen LogP contribution in [-0.2, 0) is 16.1 Å². The van der Waals surface area contributed by atoms with Gasteiger partial charge in [0.1, 0.15) is 0 Å². The van der Waals surface area contributed by atoms with E-state index in [2.05, 4.69) is 26.0 Å². The Morgan fingerprint density at radius 2 is 1.69 bits per heavy atom. The lowest BCUT2D eigenvalue weighted by molar-refractivity contribution is -0.120. The van der Waals surface area contributed by atoms with E-state index in [0.29, 0.717) is 31.0 Å². The van der Waals surface area contributed by atoms with Crippen molar-refractivity contribution < 1.29 is 19.1 Å². The summed E-state index contributed by atoms with van der Waals surface area (Å²) in [5.41, 5.74) is 3.09. The van der Waals surface area contributed by atoms with Gasteiger partial charge < -0.3 is 25.6 Å². The summed E-state index contributed by atoms with van der Waals surface area (Å²) in [6, 6.07) is 14.1. The van der Waals surface area contributed by atoms with Gasteiger partial charge in [-0.2, -0.15) is 0 Å². The molecule has 1 saturated heterocycles. The van der Waals surface area contributed by atoms with Gasteiger partial charge in [-0.25, -0.2) is 9.59 Å². The minimum absolute atomic E-state index is 0.00643. The third kappa shape index (κ3) is 5.86. The number of ether oxygens (including phenoxy) is 1. The molecule has 1 heterocycles. The molecule has 0 atom stereocenters. The van der Waals surface area contributed by atoms with E-state index in [-0.39, 0.29) is 11.9 Å². The molecule has 0 saturated carbocycles. The fourth-order valence-electron chi connectivity index (χ4n) is 2.85. The third-order valence-electron chi connectivity index (χ3n) is 4.37. The summed E-state index contributed by atoms with van der Waals surface area (Å²) in [6.07, 6.45) is -0.537. The lowest BCUT2D eigenvalue weighted by Crippen LogP contribution is -2.47. The van der Waals surface area contributed by atoms with E-state index in [0.717, 1.165) is 17.8 Å². The maximum absolute atomic E-state index is 12.1. The largest absolute Gasteiger partial charge is 0.453 e. The Labute approximate surface area is 168 Å². The van der Waals surface area contributed by atoms with Crippen molar-refractivity contribution in [3.8, 4) is 0 Å². The van der Waals surface area contributed by atoms with Crippen LogP contribution in [-0.4, -0.2) is 44.8 Å². The number of hydrogen-bond donors (Lipinski definition) is 4. The number of carbonyl (C=O) groups is 3. The number of urea groups is 1. The molecule has 152 valence electrons. The summed E-state index contributed by atoms with van der Waals surface area (Å²) in [6.45, 7) is 2.06. The predicted molar refractivity (Wildman–Crippen MR) is 110 cm³/mol. The van der Waals surface area contributed by atoms with Crippen molar-refractivity contribution in [3.63, 3.8) is 0 Å². The lowest BCUT2D eigenvalue weighted by Gasteiger charge is -2.28. The van der Waals surface area contributed by atoms with Crippen LogP contribution in [0.25, 0.3) is 0 Å². The summed E-state index contributed by atoms with van der Waals surface area (Å²) in [5, 5.41) is 10.9. The van der Waals surface area contributed by atoms with Crippen LogP contribution < -0.4 is 26.2 Å². The molecule has 29 heavy (non-hydrogen) atoms. The van der Waals surface area contributed by atoms with E-state index in [9.17, 15) is 14.4 Å². The Kier molecular flexibility index (Phi) is 6.51. The van der Waals surface area contributed by atoms with Crippen molar-refractivity contribution in [2.75, 3.05) is 42.3 Å². The van der Waals surface area contributed by atoms with Crippen molar-refractivity contribution in [2.45, 2.75) is 6.54 Å². The molecule has 1 fully saturated rings. The van der Waals surface area contributed by atoms with E-state index in [1.807, 2.05) is 17.0 Å². The molecule has 0 aliphatic carbocycles. The van der Waals surface area contributed by atoms with Crippen molar-refractivity contribution in [1.29, 1.82) is 0 Å². The second-order valence-corrected chi connectivity index (χ2v) is 6.44. The summed E-state index contributed by atoms with van der Waals surface area (Å²) >= 11 is 0. The Balaban J connectivity index is 1.46. The first kappa shape index (κ1) is 20.0. The van der Waals surface area contributed by atoms with Crippen LogP contribution in [0.1, 0.15) is 5.56 Å². The number of methoxy groups -OCH3 is 1. The summed E-state index contributed by atoms with van der Waals surface area (Å²) in [4.78, 5) is 36.7. The van der Waals surface area contributed by atoms with Gasteiger partial charge >= 0.3 is 12.1 Å². The molecule has 2 aromatic carbocycles. The average molecular weight is 397 g/mol. The van der Waals surface area contributed by atoms with Crippen LogP contribution in [0.15, 0.2) is 48.5 Å². The highest BCUT2D eigenvalue weighted by Crippen LogP contribution is 2.18. The van der Waals surface area contributed by atoms with E-state index >= 15 is 0 Å². The minimum atomic E-state index is -0.537. The number of hydrogen-bond acceptors (Lipinski definition) is 5. The SMILES string of the molecule is COC(=O)Nc1ccc(CNC(=O)Nc2ccc(N3CCNC(=O)C3)cc2)cc1. The monoisotopic (exact) mass is 397 g/mol. The maximum Gasteiger partial charge on any atom is 0.411 e. The summed E-state index contributed by atoms with van der Waals surface area (Å²) < 4.78 is 4.53. The fraction of sp³-hybridized carbons (Fsp3) is 0.250. The van der Waals surface area contributed by atoms with Crippen LogP contribution in [0.5, 0.6) is 0 Å². The highest BCUT2D eigenvalue weighted by atomic mass is 16.5. The number of anilines is 3. The van der Waals surface area contributed by atoms with Crippen LogP contribution >= 0.6 is 0 Å². The first-order valence-corrected chi connectivity index (χ1v) is 9.14. The van der Waals surface area contributed by atoms with E-state index < -0.39 is 6.09 Å². The summed E-state index contributed by atoms with van der Waals surface area (Å²) in [5.74, 6) is 0.00643. The van der Waals surface area contributed by atoms with Crippen LogP contribution in [0, 0.1) is 0 Å². The zero-order chi connectivity index (χ0) is 20.6. The van der Waals surface area contributed by atoms with Gasteiger partial charge in [0.25, 0.3) is 0 Å². The van der Waals surface area contributed by atoms with Crippen molar-refractivity contribution >= 4 is 35.1 Å². The van der Waals surface area contributed by atoms with Gasteiger partial charge in [-0.3, -0.25) is 10.1 Å². The number of nitrogens with zero attached hydrogens (tertiary/aromatic N) is 1. The second kappa shape index (κ2) is 9.45. The molecule has 9 nitrogen and oxygen atoms in total. The molecule has 1 aliphatic rings. The maximum atomic E-state index is 12.1. The molecule has 9 heteroatoms. The molecule has 0 spiro atoms. The van der Waals surface area contributed by atoms with Crippen molar-refractivity contribution in [3.05, 3.63) is 54.1 Å². The van der Waals surface area contributed by atoms with Crippen LogP contribution in [0.3, 0.4) is 0 Å². The summed E-state index contributed by atoms with van der Waals surface area (Å²) in [7, 11) is 1.30. The number of nitrogens with one attached hydrogen (secondary N) is 4. The van der Waals surface area contributed by atoms with E-state index in [1.54, 1.807) is 36.4 Å². The zero-order valence-electron chi connectivity index (χ0n) is 16.0. The predicted octanol–water partition coefficient (Wildman–Crippen LogP) is 2.12. The van der Waals surface area contributed by atoms with Gasteiger partial charge in [0.15, 0.2) is 0 Å². The number of piperazine rings is 1. The highest BCUT2D eigenvalue weighted by molar-refractivity contribution is 5.89. The molecule has 0 radical (unpaired) electrons. The molecule has 1 aliphatic heterocycles. The normalized spacial score (nSPS) is 13.3. The van der Waals surface area contributed by atoms with Crippen molar-refractivity contribution in [2.24, 2.45) is 0 Å². The molecule has 4 amide bonds. The molecule has 0 aromatic heterocycles. The Bertz CT molecular complexity index is 867. The highest BCUT2D eigenvalue weighted by Gasteiger charge is 2.16. The average Bonchev–Trinajstić information content (AvgIpc) is 2.73. The topological polar surface area (TPSA) is 112 Å². The van der Waals surface area contributed by atoms with E-state index in [1.165, 1.54) is 7.11 Å². The van der Waals surface area contributed by atoms with Gasteiger partial charge in [-0.1, -0.05) is 12.1 Å². The van der Waals surface area contributed by atoms with Gasteiger partial charge in [0.2, 0.25) is 5.91 Å². The number of amides is 4. The third-order valence-corrected chi connectivity index (χ3v) is 4.37. The van der Waals surface area contributed by atoms with Crippen LogP contribution in [0.2, 0.25) is 0 Å². The Morgan fingerprint density at radius 1 is 1.03 bits per heavy atom. The Hall–Kier alpha value is -3.75. The first-order valence-electron chi connectivity index (χ1n) is 9.14. The Morgan fingerprint density at radius 3 is 2.34 bits per heavy atom. The molecule has 4 N–H and O–H groups in total. The molecular weight excluding hydrogens is 374 g/mol. The molecule has 3 rings (SSSR count). The van der Waals surface area contributed by atoms with Crippen LogP contribution in [0.4, 0.5) is 26.7 Å². The van der Waals surface area contributed by atoms with Gasteiger partial charge in [0.05, 0.1) is 13.7 Å². The van der Waals surface area contributed by atoms with Gasteiger partial charge in [0, 0.05) is 36.7 Å².